The minimum absolute atomic E-state index is 0.00905. The Bertz CT molecular complexity index is 914. The molecule has 0 spiro atoms. The van der Waals surface area contributed by atoms with Gasteiger partial charge in [-0.2, -0.15) is 4.52 Å². The summed E-state index contributed by atoms with van der Waals surface area (Å²) in [6, 6.07) is 7.98. The maximum Gasteiger partial charge on any atom is 0.235 e. The van der Waals surface area contributed by atoms with Crippen molar-refractivity contribution in [2.45, 2.75) is 39.2 Å². The summed E-state index contributed by atoms with van der Waals surface area (Å²) in [5, 5.41) is 16.1. The Morgan fingerprint density at radius 3 is 2.73 bits per heavy atom. The van der Waals surface area contributed by atoms with Crippen LogP contribution in [0.3, 0.4) is 0 Å². The van der Waals surface area contributed by atoms with E-state index < -0.39 is 0 Å². The lowest BCUT2D eigenvalue weighted by atomic mass is 9.95. The van der Waals surface area contributed by atoms with Crippen molar-refractivity contribution < 1.29 is 10.0 Å². The van der Waals surface area contributed by atoms with Crippen LogP contribution in [-0.4, -0.2) is 32.8 Å². The number of aryl methyl sites for hydroxylation is 1. The molecule has 0 amide bonds. The van der Waals surface area contributed by atoms with E-state index in [-0.39, 0.29) is 11.9 Å². The van der Waals surface area contributed by atoms with Crippen LogP contribution in [0.25, 0.3) is 4.96 Å². The zero-order valence-corrected chi connectivity index (χ0v) is 16.6. The molecule has 3 aromatic rings. The number of nitrogens with zero attached hydrogens (tertiary/aromatic N) is 3. The predicted octanol–water partition coefficient (Wildman–Crippen LogP) is 3.12. The van der Waals surface area contributed by atoms with Gasteiger partial charge in [0.15, 0.2) is 11.9 Å². The van der Waals surface area contributed by atoms with Crippen molar-refractivity contribution in [2.75, 3.05) is 13.1 Å². The van der Waals surface area contributed by atoms with Gasteiger partial charge in [-0.25, -0.2) is 4.98 Å². The largest absolute Gasteiger partial charge is 0.492 e. The first kappa shape index (κ1) is 17.8. The van der Waals surface area contributed by atoms with E-state index >= 15 is 0 Å². The highest BCUT2D eigenvalue weighted by molar-refractivity contribution is 7.17. The summed E-state index contributed by atoms with van der Waals surface area (Å²) in [5.74, 6) is 1.72. The lowest BCUT2D eigenvalue weighted by molar-refractivity contribution is -0.931. The topological polar surface area (TPSA) is 54.9 Å². The highest BCUT2D eigenvalue weighted by atomic mass is 35.5. The molecule has 3 heterocycles. The number of halogens is 1. The van der Waals surface area contributed by atoms with E-state index in [1.54, 1.807) is 4.52 Å². The maximum atomic E-state index is 10.9. The number of hydrogen-bond acceptors (Lipinski definition) is 4. The van der Waals surface area contributed by atoms with Gasteiger partial charge in [0.2, 0.25) is 10.8 Å². The Labute approximate surface area is 162 Å². The summed E-state index contributed by atoms with van der Waals surface area (Å²) in [6.07, 6.45) is 3.14. The summed E-state index contributed by atoms with van der Waals surface area (Å²) in [7, 11) is 0. The van der Waals surface area contributed by atoms with E-state index in [4.69, 9.17) is 11.6 Å². The average Bonchev–Trinajstić information content (AvgIpc) is 3.18. The van der Waals surface area contributed by atoms with E-state index in [1.807, 2.05) is 25.1 Å². The van der Waals surface area contributed by atoms with Gasteiger partial charge >= 0.3 is 0 Å². The second kappa shape index (κ2) is 7.18. The standard InChI is InChI=1S/C19H23ClN4OS/c1-3-15-21-19-24(22-15)18(25)17(26-19)16(13-6-4-5-7-14(13)20)23-10-8-12(2)9-11-23/h4-7,12,16,25H,3,8-11H2,1-2H3/p+1/t16-/m0/s1. The van der Waals surface area contributed by atoms with Crippen molar-refractivity contribution in [3.05, 3.63) is 45.6 Å². The first-order valence-corrected chi connectivity index (χ1v) is 10.4. The quantitative estimate of drug-likeness (QED) is 0.718. The summed E-state index contributed by atoms with van der Waals surface area (Å²) in [6.45, 7) is 6.48. The zero-order valence-electron chi connectivity index (χ0n) is 15.1. The molecule has 7 heteroatoms. The van der Waals surface area contributed by atoms with E-state index in [1.165, 1.54) is 29.1 Å². The zero-order chi connectivity index (χ0) is 18.3. The summed E-state index contributed by atoms with van der Waals surface area (Å²) < 4.78 is 1.58. The summed E-state index contributed by atoms with van der Waals surface area (Å²) >= 11 is 8.09. The number of aromatic nitrogens is 3. The number of benzene rings is 1. The lowest BCUT2D eigenvalue weighted by Gasteiger charge is -2.33. The smallest absolute Gasteiger partial charge is 0.235 e. The molecule has 1 atom stereocenters. The number of rotatable bonds is 4. The molecular weight excluding hydrogens is 368 g/mol. The number of thiazole rings is 1. The van der Waals surface area contributed by atoms with Gasteiger partial charge in [0.05, 0.1) is 18.1 Å². The second-order valence-corrected chi connectivity index (χ2v) is 8.58. The Kier molecular flexibility index (Phi) is 4.90. The van der Waals surface area contributed by atoms with Gasteiger partial charge in [-0.15, -0.1) is 5.10 Å². The molecule has 0 saturated carbocycles. The van der Waals surface area contributed by atoms with Crippen molar-refractivity contribution in [3.63, 3.8) is 0 Å². The van der Waals surface area contributed by atoms with Gasteiger partial charge in [0.25, 0.3) is 0 Å². The molecule has 1 aliphatic rings. The molecule has 138 valence electrons. The number of quaternary nitrogens is 1. The van der Waals surface area contributed by atoms with Crippen molar-refractivity contribution in [2.24, 2.45) is 5.92 Å². The summed E-state index contributed by atoms with van der Waals surface area (Å²) in [4.78, 5) is 7.64. The number of aromatic hydroxyl groups is 1. The molecule has 0 unspecified atom stereocenters. The molecule has 2 aromatic heterocycles. The fourth-order valence-electron chi connectivity index (χ4n) is 3.81. The van der Waals surface area contributed by atoms with Gasteiger partial charge < -0.3 is 10.0 Å². The van der Waals surface area contributed by atoms with E-state index in [0.29, 0.717) is 0 Å². The Hall–Kier alpha value is -1.63. The number of hydrogen-bond donors (Lipinski definition) is 2. The van der Waals surface area contributed by atoms with Crippen LogP contribution in [0.15, 0.2) is 24.3 Å². The minimum Gasteiger partial charge on any atom is -0.492 e. The monoisotopic (exact) mass is 391 g/mol. The molecule has 1 fully saturated rings. The third-order valence-electron chi connectivity index (χ3n) is 5.36. The van der Waals surface area contributed by atoms with Crippen LogP contribution in [0.1, 0.15) is 49.0 Å². The molecule has 0 aliphatic carbocycles. The second-order valence-electron chi connectivity index (χ2n) is 7.16. The Morgan fingerprint density at radius 1 is 1.35 bits per heavy atom. The van der Waals surface area contributed by atoms with Crippen LogP contribution >= 0.6 is 22.9 Å². The normalized spacial score (nSPS) is 22.0. The van der Waals surface area contributed by atoms with Crippen LogP contribution < -0.4 is 4.90 Å². The van der Waals surface area contributed by atoms with Gasteiger partial charge in [-0.3, -0.25) is 0 Å². The molecule has 1 saturated heterocycles. The van der Waals surface area contributed by atoms with Crippen LogP contribution in [0.4, 0.5) is 0 Å². The van der Waals surface area contributed by atoms with Crippen LogP contribution in [0, 0.1) is 5.92 Å². The van der Waals surface area contributed by atoms with Crippen LogP contribution in [0.5, 0.6) is 5.88 Å². The van der Waals surface area contributed by atoms with Crippen molar-refractivity contribution in [1.29, 1.82) is 0 Å². The maximum absolute atomic E-state index is 10.9. The molecule has 5 nitrogen and oxygen atoms in total. The van der Waals surface area contributed by atoms with Crippen molar-refractivity contribution >= 4 is 27.9 Å². The Balaban J connectivity index is 1.81. The van der Waals surface area contributed by atoms with Crippen LogP contribution in [-0.2, 0) is 6.42 Å². The van der Waals surface area contributed by atoms with Crippen molar-refractivity contribution in [1.82, 2.24) is 14.6 Å². The molecule has 4 rings (SSSR count). The SMILES string of the molecule is CCc1nc2sc([C@H](c3ccccc3Cl)[NH+]3CCC(C)CC3)c(O)n2n1. The average molecular weight is 392 g/mol. The van der Waals surface area contributed by atoms with Gasteiger partial charge in [0, 0.05) is 12.0 Å². The predicted molar refractivity (Wildman–Crippen MR) is 104 cm³/mol. The van der Waals surface area contributed by atoms with Gasteiger partial charge in [-0.05, 0) is 24.8 Å². The summed E-state index contributed by atoms with van der Waals surface area (Å²) in [5.41, 5.74) is 1.06. The molecule has 1 aromatic carbocycles. The van der Waals surface area contributed by atoms with E-state index in [9.17, 15) is 5.11 Å². The fourth-order valence-corrected chi connectivity index (χ4v) is 5.20. The molecular formula is C19H24ClN4OS+. The van der Waals surface area contributed by atoms with E-state index in [0.717, 1.165) is 51.7 Å². The van der Waals surface area contributed by atoms with Crippen LogP contribution in [0.2, 0.25) is 5.02 Å². The number of nitrogens with one attached hydrogen (secondary N) is 1. The van der Waals surface area contributed by atoms with Crippen molar-refractivity contribution in [3.8, 4) is 5.88 Å². The van der Waals surface area contributed by atoms with Gasteiger partial charge in [0.1, 0.15) is 4.88 Å². The molecule has 0 bridgehead atoms. The highest BCUT2D eigenvalue weighted by Gasteiger charge is 2.35. The fraction of sp³-hybridized carbons (Fsp3) is 0.474. The molecule has 1 aliphatic heterocycles. The lowest BCUT2D eigenvalue weighted by Crippen LogP contribution is -3.13. The number of piperidine rings is 1. The first-order valence-electron chi connectivity index (χ1n) is 9.24. The number of likely N-dealkylation sites (tertiary alicyclic amines) is 1. The molecule has 2 N–H and O–H groups in total. The van der Waals surface area contributed by atoms with Gasteiger partial charge in [-0.1, -0.05) is 55.0 Å². The van der Waals surface area contributed by atoms with E-state index in [2.05, 4.69) is 23.1 Å². The highest BCUT2D eigenvalue weighted by Crippen LogP contribution is 2.37. The first-order chi connectivity index (χ1) is 12.6. The minimum atomic E-state index is 0.00905. The third-order valence-corrected chi connectivity index (χ3v) is 6.79. The molecule has 0 radical (unpaired) electrons. The number of fused-ring (bicyclic) bond motifs is 1. The third kappa shape index (κ3) is 3.10. The molecule has 26 heavy (non-hydrogen) atoms. The Morgan fingerprint density at radius 2 is 2.08 bits per heavy atom.